The average Bonchev–Trinajstić information content (AvgIpc) is 2.78. The van der Waals surface area contributed by atoms with Crippen LogP contribution >= 0.6 is 0 Å². The highest BCUT2D eigenvalue weighted by atomic mass is 16.2. The fourth-order valence-corrected chi connectivity index (χ4v) is 3.58. The Morgan fingerprint density at radius 2 is 1.53 bits per heavy atom. The van der Waals surface area contributed by atoms with Gasteiger partial charge < -0.3 is 10.2 Å². The molecule has 1 N–H and O–H groups in total. The molecule has 0 saturated carbocycles. The van der Waals surface area contributed by atoms with E-state index in [2.05, 4.69) is 34.5 Å². The summed E-state index contributed by atoms with van der Waals surface area (Å²) in [7, 11) is 0. The molecule has 158 valence electrons. The molecule has 0 radical (unpaired) electrons. The van der Waals surface area contributed by atoms with E-state index in [0.717, 1.165) is 19.6 Å². The van der Waals surface area contributed by atoms with Gasteiger partial charge in [-0.05, 0) is 23.6 Å². The molecule has 0 aromatic heterocycles. The fourth-order valence-electron chi connectivity index (χ4n) is 3.58. The van der Waals surface area contributed by atoms with Crippen molar-refractivity contribution in [2.24, 2.45) is 5.92 Å². The third-order valence-electron chi connectivity index (χ3n) is 5.41. The van der Waals surface area contributed by atoms with Crippen LogP contribution in [-0.4, -0.2) is 60.4 Å². The molecule has 3 rings (SSSR count). The minimum absolute atomic E-state index is 0.00811. The highest BCUT2D eigenvalue weighted by molar-refractivity contribution is 5.97. The number of benzene rings is 2. The van der Waals surface area contributed by atoms with Gasteiger partial charge in [-0.2, -0.15) is 0 Å². The van der Waals surface area contributed by atoms with E-state index in [0.29, 0.717) is 18.7 Å². The molecule has 1 saturated heterocycles. The SMILES string of the molecule is CC(C)[C@@H](NC(=O)c1ccccc1)C(=O)N1CCN(C/C=C/c2ccccc2)CC1. The second-order valence-corrected chi connectivity index (χ2v) is 8.00. The lowest BCUT2D eigenvalue weighted by Crippen LogP contribution is -2.56. The summed E-state index contributed by atoms with van der Waals surface area (Å²) in [5.74, 6) is -0.168. The predicted octanol–water partition coefficient (Wildman–Crippen LogP) is 3.30. The van der Waals surface area contributed by atoms with Crippen LogP contribution in [0, 0.1) is 5.92 Å². The lowest BCUT2D eigenvalue weighted by Gasteiger charge is -2.37. The number of nitrogens with one attached hydrogen (secondary N) is 1. The molecule has 1 aliphatic heterocycles. The van der Waals surface area contributed by atoms with Gasteiger partial charge in [0.1, 0.15) is 6.04 Å². The number of carbonyl (C=O) groups excluding carboxylic acids is 2. The van der Waals surface area contributed by atoms with Gasteiger partial charge in [-0.1, -0.05) is 74.5 Å². The number of piperazine rings is 1. The first-order chi connectivity index (χ1) is 14.5. The van der Waals surface area contributed by atoms with E-state index in [1.807, 2.05) is 55.1 Å². The zero-order valence-electron chi connectivity index (χ0n) is 17.8. The van der Waals surface area contributed by atoms with Crippen molar-refractivity contribution in [3.63, 3.8) is 0 Å². The Kier molecular flexibility index (Phi) is 7.80. The Labute approximate surface area is 179 Å². The van der Waals surface area contributed by atoms with Crippen LogP contribution in [0.3, 0.4) is 0 Å². The summed E-state index contributed by atoms with van der Waals surface area (Å²) < 4.78 is 0. The molecule has 2 amide bonds. The maximum Gasteiger partial charge on any atom is 0.251 e. The van der Waals surface area contributed by atoms with Gasteiger partial charge in [0.15, 0.2) is 0 Å². The second-order valence-electron chi connectivity index (χ2n) is 8.00. The van der Waals surface area contributed by atoms with Crippen molar-refractivity contribution in [3.8, 4) is 0 Å². The summed E-state index contributed by atoms with van der Waals surface area (Å²) in [5.41, 5.74) is 1.77. The predicted molar refractivity (Wildman–Crippen MR) is 121 cm³/mol. The van der Waals surface area contributed by atoms with Crippen LogP contribution in [0.2, 0.25) is 0 Å². The first kappa shape index (κ1) is 21.8. The van der Waals surface area contributed by atoms with Gasteiger partial charge in [-0.3, -0.25) is 14.5 Å². The number of hydrogen-bond donors (Lipinski definition) is 1. The van der Waals surface area contributed by atoms with Crippen LogP contribution in [0.5, 0.6) is 0 Å². The maximum atomic E-state index is 13.1. The van der Waals surface area contributed by atoms with Gasteiger partial charge in [0.25, 0.3) is 5.91 Å². The largest absolute Gasteiger partial charge is 0.340 e. The summed E-state index contributed by atoms with van der Waals surface area (Å²) >= 11 is 0. The summed E-state index contributed by atoms with van der Waals surface area (Å²) in [4.78, 5) is 29.9. The Hall–Kier alpha value is -2.92. The van der Waals surface area contributed by atoms with Crippen molar-refractivity contribution < 1.29 is 9.59 Å². The van der Waals surface area contributed by atoms with E-state index in [-0.39, 0.29) is 17.7 Å². The zero-order valence-corrected chi connectivity index (χ0v) is 17.8. The van der Waals surface area contributed by atoms with Crippen molar-refractivity contribution in [3.05, 3.63) is 77.9 Å². The van der Waals surface area contributed by atoms with Crippen molar-refractivity contribution in [1.29, 1.82) is 0 Å². The molecule has 1 aliphatic rings. The van der Waals surface area contributed by atoms with Crippen LogP contribution in [0.25, 0.3) is 6.08 Å². The first-order valence-corrected chi connectivity index (χ1v) is 10.6. The highest BCUT2D eigenvalue weighted by Crippen LogP contribution is 2.11. The fraction of sp³-hybridized carbons (Fsp3) is 0.360. The van der Waals surface area contributed by atoms with Crippen molar-refractivity contribution in [2.45, 2.75) is 19.9 Å². The smallest absolute Gasteiger partial charge is 0.251 e. The molecule has 0 aliphatic carbocycles. The molecule has 1 fully saturated rings. The number of nitrogens with zero attached hydrogens (tertiary/aromatic N) is 2. The van der Waals surface area contributed by atoms with E-state index in [1.54, 1.807) is 12.1 Å². The molecular formula is C25H31N3O2. The van der Waals surface area contributed by atoms with Gasteiger partial charge in [-0.25, -0.2) is 0 Å². The third kappa shape index (κ3) is 6.04. The summed E-state index contributed by atoms with van der Waals surface area (Å²) in [6.07, 6.45) is 4.30. The minimum atomic E-state index is -0.512. The van der Waals surface area contributed by atoms with Crippen LogP contribution < -0.4 is 5.32 Å². The lowest BCUT2D eigenvalue weighted by molar-refractivity contribution is -0.136. The molecule has 5 nitrogen and oxygen atoms in total. The van der Waals surface area contributed by atoms with E-state index < -0.39 is 6.04 Å². The maximum absolute atomic E-state index is 13.1. The van der Waals surface area contributed by atoms with Crippen molar-refractivity contribution in [1.82, 2.24) is 15.1 Å². The molecule has 1 heterocycles. The van der Waals surface area contributed by atoms with Crippen LogP contribution in [0.4, 0.5) is 0 Å². The van der Waals surface area contributed by atoms with E-state index in [1.165, 1.54) is 5.56 Å². The van der Waals surface area contributed by atoms with Crippen LogP contribution in [0.15, 0.2) is 66.7 Å². The number of hydrogen-bond acceptors (Lipinski definition) is 3. The minimum Gasteiger partial charge on any atom is -0.340 e. The molecular weight excluding hydrogens is 374 g/mol. The molecule has 2 aromatic carbocycles. The van der Waals surface area contributed by atoms with Crippen LogP contribution in [0.1, 0.15) is 29.8 Å². The lowest BCUT2D eigenvalue weighted by atomic mass is 10.0. The Morgan fingerprint density at radius 1 is 0.933 bits per heavy atom. The highest BCUT2D eigenvalue weighted by Gasteiger charge is 2.30. The van der Waals surface area contributed by atoms with Gasteiger partial charge in [-0.15, -0.1) is 0 Å². The molecule has 0 unspecified atom stereocenters. The molecule has 1 atom stereocenters. The van der Waals surface area contributed by atoms with E-state index in [4.69, 9.17) is 0 Å². The van der Waals surface area contributed by atoms with E-state index >= 15 is 0 Å². The van der Waals surface area contributed by atoms with E-state index in [9.17, 15) is 9.59 Å². The molecule has 2 aromatic rings. The average molecular weight is 406 g/mol. The molecule has 30 heavy (non-hydrogen) atoms. The summed E-state index contributed by atoms with van der Waals surface area (Å²) in [5, 5.41) is 2.94. The van der Waals surface area contributed by atoms with Gasteiger partial charge in [0.2, 0.25) is 5.91 Å². The van der Waals surface area contributed by atoms with Crippen molar-refractivity contribution in [2.75, 3.05) is 32.7 Å². The monoisotopic (exact) mass is 405 g/mol. The topological polar surface area (TPSA) is 52.7 Å². The normalized spacial score (nSPS) is 16.0. The summed E-state index contributed by atoms with van der Waals surface area (Å²) in [6.45, 7) is 7.85. The van der Waals surface area contributed by atoms with Gasteiger partial charge >= 0.3 is 0 Å². The number of carbonyl (C=O) groups is 2. The van der Waals surface area contributed by atoms with Crippen LogP contribution in [-0.2, 0) is 4.79 Å². The zero-order chi connectivity index (χ0) is 21.3. The quantitative estimate of drug-likeness (QED) is 0.769. The molecule has 0 spiro atoms. The van der Waals surface area contributed by atoms with Crippen molar-refractivity contribution >= 4 is 17.9 Å². The Balaban J connectivity index is 1.51. The van der Waals surface area contributed by atoms with Gasteiger partial charge in [0.05, 0.1) is 0 Å². The summed E-state index contributed by atoms with van der Waals surface area (Å²) in [6, 6.07) is 18.8. The molecule has 0 bridgehead atoms. The first-order valence-electron chi connectivity index (χ1n) is 10.6. The second kappa shape index (κ2) is 10.7. The standard InChI is InChI=1S/C25H31N3O2/c1-20(2)23(26-24(29)22-13-7-4-8-14-22)25(30)28-18-16-27(17-19-28)15-9-12-21-10-5-3-6-11-21/h3-14,20,23H,15-19H2,1-2H3,(H,26,29)/b12-9+/t23-/m1/s1. The Bertz CT molecular complexity index is 841. The number of amides is 2. The third-order valence-corrected chi connectivity index (χ3v) is 5.41. The Morgan fingerprint density at radius 3 is 2.13 bits per heavy atom. The van der Waals surface area contributed by atoms with Gasteiger partial charge in [0, 0.05) is 38.3 Å². The number of rotatable bonds is 7. The molecule has 5 heteroatoms.